The van der Waals surface area contributed by atoms with E-state index in [9.17, 15) is 0 Å². The van der Waals surface area contributed by atoms with E-state index in [4.69, 9.17) is 15.0 Å². The Labute approximate surface area is 321 Å². The van der Waals surface area contributed by atoms with Crippen molar-refractivity contribution in [2.45, 2.75) is 0 Å². The maximum atomic E-state index is 5.31. The third-order valence-corrected chi connectivity index (χ3v) is 12.0. The van der Waals surface area contributed by atoms with Gasteiger partial charge in [-0.05, 0) is 78.8 Å². The molecule has 0 saturated heterocycles. The van der Waals surface area contributed by atoms with Gasteiger partial charge < -0.3 is 0 Å². The molecule has 0 N–H and O–H groups in total. The van der Waals surface area contributed by atoms with Crippen molar-refractivity contribution in [2.75, 3.05) is 0 Å². The van der Waals surface area contributed by atoms with E-state index in [-0.39, 0.29) is 0 Å². The average molecular weight is 718 g/mol. The Morgan fingerprint density at radius 1 is 0.291 bits per heavy atom. The molecule has 2 heterocycles. The second-order valence-electron chi connectivity index (χ2n) is 13.9. The monoisotopic (exact) mass is 717 g/mol. The molecular formula is C51H31N3S. The predicted molar refractivity (Wildman–Crippen MR) is 232 cm³/mol. The zero-order valence-electron chi connectivity index (χ0n) is 29.6. The van der Waals surface area contributed by atoms with Crippen molar-refractivity contribution >= 4 is 63.8 Å². The lowest BCUT2D eigenvalue weighted by atomic mass is 9.89. The highest BCUT2D eigenvalue weighted by atomic mass is 32.1. The van der Waals surface area contributed by atoms with Crippen LogP contribution in [0.2, 0.25) is 0 Å². The summed E-state index contributed by atoms with van der Waals surface area (Å²) in [5.74, 6) is 1.96. The first-order valence-electron chi connectivity index (χ1n) is 18.5. The van der Waals surface area contributed by atoms with Crippen LogP contribution in [0, 0.1) is 0 Å². The first-order valence-corrected chi connectivity index (χ1v) is 19.3. The molecule has 0 radical (unpaired) electrons. The van der Waals surface area contributed by atoms with Crippen molar-refractivity contribution in [3.63, 3.8) is 0 Å². The van der Waals surface area contributed by atoms with Crippen LogP contribution < -0.4 is 0 Å². The van der Waals surface area contributed by atoms with Crippen molar-refractivity contribution in [1.82, 2.24) is 15.0 Å². The molecule has 0 unspecified atom stereocenters. The molecule has 0 saturated carbocycles. The lowest BCUT2D eigenvalue weighted by Crippen LogP contribution is -2.01. The molecule has 0 amide bonds. The fraction of sp³-hybridized carbons (Fsp3) is 0. The molecule has 0 aliphatic carbocycles. The molecule has 0 fully saturated rings. The minimum Gasteiger partial charge on any atom is -0.208 e. The van der Waals surface area contributed by atoms with Crippen LogP contribution in [0.25, 0.3) is 109 Å². The third kappa shape index (κ3) is 5.30. The Kier molecular flexibility index (Phi) is 7.35. The second kappa shape index (κ2) is 12.8. The van der Waals surface area contributed by atoms with Crippen LogP contribution in [0.5, 0.6) is 0 Å². The van der Waals surface area contributed by atoms with E-state index < -0.39 is 0 Å². The summed E-state index contributed by atoms with van der Waals surface area (Å²) in [5, 5.41) is 9.69. The number of hydrogen-bond acceptors (Lipinski definition) is 4. The maximum absolute atomic E-state index is 5.31. The van der Waals surface area contributed by atoms with Gasteiger partial charge in [-0.2, -0.15) is 0 Å². The SMILES string of the molecule is c1ccc(-c2ccc(-c3nc(-c4ccc(-c5cc6ccccc6c6ccccc56)c5ccccc45)nc(-c4cccc5c4sc4ccccc45)n3)cc2)cc1. The van der Waals surface area contributed by atoms with E-state index in [1.54, 1.807) is 11.3 Å². The number of benzene rings is 9. The third-order valence-electron chi connectivity index (χ3n) is 10.8. The molecule has 9 aromatic carbocycles. The molecule has 0 spiro atoms. The fourth-order valence-corrected chi connectivity index (χ4v) is 9.33. The Bertz CT molecular complexity index is 3260. The van der Waals surface area contributed by atoms with Gasteiger partial charge in [0, 0.05) is 36.9 Å². The summed E-state index contributed by atoms with van der Waals surface area (Å²) in [6.07, 6.45) is 0. The maximum Gasteiger partial charge on any atom is 0.165 e. The molecule has 0 bridgehead atoms. The first-order chi connectivity index (χ1) is 27.3. The summed E-state index contributed by atoms with van der Waals surface area (Å²) in [7, 11) is 0. The van der Waals surface area contributed by atoms with Crippen LogP contribution in [0.4, 0.5) is 0 Å². The molecule has 11 rings (SSSR count). The van der Waals surface area contributed by atoms with Gasteiger partial charge in [0.1, 0.15) is 0 Å². The van der Waals surface area contributed by atoms with E-state index in [1.165, 1.54) is 58.4 Å². The molecule has 3 nitrogen and oxygen atoms in total. The standard InChI is InChI=1S/C51H31N3S/c1-2-13-32(14-3-1)33-25-27-34(28-26-33)49-52-50(54-51(53-49)45-23-12-22-43-42-21-10-11-24-47(42)55-48(43)45)44-30-29-41(38-18-7-8-19-39(38)44)46-31-35-15-4-5-16-36(35)37-17-6-9-20-40(37)46/h1-31H. The number of rotatable bonds is 5. The van der Waals surface area contributed by atoms with Gasteiger partial charge in [-0.3, -0.25) is 0 Å². The molecule has 11 aromatic rings. The van der Waals surface area contributed by atoms with Gasteiger partial charge in [0.2, 0.25) is 0 Å². The number of fused-ring (bicyclic) bond motifs is 7. The summed E-state index contributed by atoms with van der Waals surface area (Å²) in [4.78, 5) is 15.8. The highest BCUT2D eigenvalue weighted by Gasteiger charge is 2.19. The van der Waals surface area contributed by atoms with Crippen LogP contribution in [0.3, 0.4) is 0 Å². The van der Waals surface area contributed by atoms with Crippen LogP contribution >= 0.6 is 11.3 Å². The Hall–Kier alpha value is -7.01. The number of aromatic nitrogens is 3. The van der Waals surface area contributed by atoms with Crippen LogP contribution in [0.1, 0.15) is 0 Å². The summed E-state index contributed by atoms with van der Waals surface area (Å²) >= 11 is 1.79. The molecule has 4 heteroatoms. The predicted octanol–water partition coefficient (Wildman–Crippen LogP) is 14.0. The van der Waals surface area contributed by atoms with Crippen molar-refractivity contribution < 1.29 is 0 Å². The van der Waals surface area contributed by atoms with Gasteiger partial charge in [0.15, 0.2) is 17.5 Å². The molecule has 55 heavy (non-hydrogen) atoms. The second-order valence-corrected chi connectivity index (χ2v) is 15.0. The van der Waals surface area contributed by atoms with E-state index in [2.05, 4.69) is 182 Å². The first kappa shape index (κ1) is 31.5. The van der Waals surface area contributed by atoms with Gasteiger partial charge in [-0.15, -0.1) is 11.3 Å². The molecule has 2 aromatic heterocycles. The van der Waals surface area contributed by atoms with E-state index in [0.717, 1.165) is 33.0 Å². The van der Waals surface area contributed by atoms with Gasteiger partial charge in [0.05, 0.1) is 0 Å². The van der Waals surface area contributed by atoms with Crippen molar-refractivity contribution in [3.8, 4) is 56.4 Å². The lowest BCUT2D eigenvalue weighted by Gasteiger charge is -2.16. The average Bonchev–Trinajstić information content (AvgIpc) is 3.65. The smallest absolute Gasteiger partial charge is 0.165 e. The van der Waals surface area contributed by atoms with Gasteiger partial charge in [0.25, 0.3) is 0 Å². The molecule has 0 atom stereocenters. The minimum absolute atomic E-state index is 0.645. The minimum atomic E-state index is 0.645. The zero-order valence-corrected chi connectivity index (χ0v) is 30.5. The van der Waals surface area contributed by atoms with Gasteiger partial charge in [-0.25, -0.2) is 15.0 Å². The molecule has 0 aliphatic heterocycles. The van der Waals surface area contributed by atoms with Crippen molar-refractivity contribution in [3.05, 3.63) is 188 Å². The van der Waals surface area contributed by atoms with E-state index >= 15 is 0 Å². The fourth-order valence-electron chi connectivity index (χ4n) is 8.12. The Balaban J connectivity index is 1.13. The summed E-state index contributed by atoms with van der Waals surface area (Å²) in [6.45, 7) is 0. The normalized spacial score (nSPS) is 11.6. The topological polar surface area (TPSA) is 38.7 Å². The van der Waals surface area contributed by atoms with Gasteiger partial charge >= 0.3 is 0 Å². The Morgan fingerprint density at radius 3 is 1.60 bits per heavy atom. The number of nitrogens with zero attached hydrogens (tertiary/aromatic N) is 3. The molecule has 256 valence electrons. The van der Waals surface area contributed by atoms with Gasteiger partial charge in [-0.1, -0.05) is 164 Å². The van der Waals surface area contributed by atoms with E-state index in [1.807, 2.05) is 6.07 Å². The van der Waals surface area contributed by atoms with Crippen LogP contribution in [-0.2, 0) is 0 Å². The number of hydrogen-bond donors (Lipinski definition) is 0. The summed E-state index contributed by atoms with van der Waals surface area (Å²) in [5.41, 5.74) is 7.64. The molecular weight excluding hydrogens is 687 g/mol. The highest BCUT2D eigenvalue weighted by molar-refractivity contribution is 7.26. The lowest BCUT2D eigenvalue weighted by molar-refractivity contribution is 1.08. The van der Waals surface area contributed by atoms with Crippen LogP contribution in [0.15, 0.2) is 188 Å². The van der Waals surface area contributed by atoms with Crippen molar-refractivity contribution in [1.29, 1.82) is 0 Å². The zero-order chi connectivity index (χ0) is 36.3. The van der Waals surface area contributed by atoms with Crippen LogP contribution in [-0.4, -0.2) is 15.0 Å². The summed E-state index contributed by atoms with van der Waals surface area (Å²) in [6, 6.07) is 66.9. The molecule has 0 aliphatic rings. The quantitative estimate of drug-likeness (QED) is 0.166. The van der Waals surface area contributed by atoms with E-state index in [0.29, 0.717) is 17.5 Å². The summed E-state index contributed by atoms with van der Waals surface area (Å²) < 4.78 is 2.42. The largest absolute Gasteiger partial charge is 0.208 e. The van der Waals surface area contributed by atoms with Crippen molar-refractivity contribution in [2.24, 2.45) is 0 Å². The Morgan fingerprint density at radius 2 is 0.818 bits per heavy atom. The highest BCUT2D eigenvalue weighted by Crippen LogP contribution is 2.42. The number of thiophene rings is 1.